The van der Waals surface area contributed by atoms with Crippen LogP contribution in [-0.4, -0.2) is 33.9 Å². The average molecular weight is 448 g/mol. The lowest BCUT2D eigenvalue weighted by Gasteiger charge is -2.13. The number of nitro groups is 1. The summed E-state index contributed by atoms with van der Waals surface area (Å²) < 4.78 is 5.35. The summed E-state index contributed by atoms with van der Waals surface area (Å²) >= 11 is 3.16. The second-order valence-electron chi connectivity index (χ2n) is 6.93. The van der Waals surface area contributed by atoms with Crippen molar-refractivity contribution in [2.75, 3.05) is 0 Å². The zero-order chi connectivity index (χ0) is 20.2. The van der Waals surface area contributed by atoms with Crippen molar-refractivity contribution in [3.05, 3.63) is 44.4 Å². The minimum atomic E-state index is -0.745. The Balaban J connectivity index is 1.68. The van der Waals surface area contributed by atoms with Crippen LogP contribution in [0.1, 0.15) is 18.9 Å². The summed E-state index contributed by atoms with van der Waals surface area (Å²) in [6, 6.07) is 2.64. The fourth-order valence-corrected chi connectivity index (χ4v) is 4.67. The smallest absolute Gasteiger partial charge is 0.313 e. The molecule has 0 spiro atoms. The SMILES string of the molecule is CC(=O)Oc1c(C=NN2C(=O)C3C4C=CC(C4)C3C2=O)cc(Br)cc1[N+](=O)[O-]. The summed E-state index contributed by atoms with van der Waals surface area (Å²) in [4.78, 5) is 47.3. The topological polar surface area (TPSA) is 119 Å². The minimum Gasteiger partial charge on any atom is -0.419 e. The third-order valence-electron chi connectivity index (χ3n) is 5.26. The average Bonchev–Trinajstić information content (AvgIpc) is 3.29. The highest BCUT2D eigenvalue weighted by molar-refractivity contribution is 9.10. The van der Waals surface area contributed by atoms with E-state index in [-0.39, 0.29) is 35.0 Å². The van der Waals surface area contributed by atoms with Gasteiger partial charge in [-0.05, 0) is 24.3 Å². The summed E-state index contributed by atoms with van der Waals surface area (Å²) in [5.74, 6) is -2.49. The maximum atomic E-state index is 12.7. The first-order valence-corrected chi connectivity index (χ1v) is 9.33. The summed E-state index contributed by atoms with van der Waals surface area (Å²) in [6.45, 7) is 1.12. The monoisotopic (exact) mass is 447 g/mol. The Labute approximate surface area is 167 Å². The van der Waals surface area contributed by atoms with Crippen LogP contribution >= 0.6 is 15.9 Å². The number of nitrogens with zero attached hydrogens (tertiary/aromatic N) is 3. The van der Waals surface area contributed by atoms with Gasteiger partial charge in [0, 0.05) is 23.0 Å². The number of carbonyl (C=O) groups excluding carboxylic acids is 3. The van der Waals surface area contributed by atoms with Gasteiger partial charge in [-0.25, -0.2) is 0 Å². The van der Waals surface area contributed by atoms with Crippen molar-refractivity contribution < 1.29 is 24.0 Å². The largest absolute Gasteiger partial charge is 0.419 e. The van der Waals surface area contributed by atoms with Crippen molar-refractivity contribution in [1.29, 1.82) is 0 Å². The number of fused-ring (bicyclic) bond motifs is 5. The highest BCUT2D eigenvalue weighted by Gasteiger charge is 2.59. The number of hydrogen-bond donors (Lipinski definition) is 0. The van der Waals surface area contributed by atoms with Crippen LogP contribution in [0.2, 0.25) is 0 Å². The third-order valence-corrected chi connectivity index (χ3v) is 5.72. The van der Waals surface area contributed by atoms with E-state index in [1.165, 1.54) is 12.1 Å². The summed E-state index contributed by atoms with van der Waals surface area (Å²) in [5, 5.41) is 16.1. The summed E-state index contributed by atoms with van der Waals surface area (Å²) in [7, 11) is 0. The number of esters is 1. The number of amides is 2. The summed E-state index contributed by atoms with van der Waals surface area (Å²) in [6.07, 6.45) is 5.88. The van der Waals surface area contributed by atoms with Gasteiger partial charge in [-0.1, -0.05) is 28.1 Å². The van der Waals surface area contributed by atoms with Gasteiger partial charge in [0.15, 0.2) is 0 Å². The lowest BCUT2D eigenvalue weighted by molar-refractivity contribution is -0.385. The second-order valence-corrected chi connectivity index (χ2v) is 7.84. The van der Waals surface area contributed by atoms with E-state index in [0.29, 0.717) is 4.47 Å². The van der Waals surface area contributed by atoms with Crippen molar-refractivity contribution in [1.82, 2.24) is 5.01 Å². The van der Waals surface area contributed by atoms with Crippen LogP contribution in [-0.2, 0) is 14.4 Å². The van der Waals surface area contributed by atoms with E-state index in [4.69, 9.17) is 4.74 Å². The molecule has 10 heteroatoms. The predicted molar refractivity (Wildman–Crippen MR) is 99.3 cm³/mol. The number of ether oxygens (including phenoxy) is 1. The first kappa shape index (κ1) is 18.5. The number of imide groups is 1. The number of rotatable bonds is 4. The molecule has 4 atom stereocenters. The molecule has 1 saturated heterocycles. The molecule has 3 aliphatic rings. The van der Waals surface area contributed by atoms with Crippen LogP contribution in [0.15, 0.2) is 33.9 Å². The van der Waals surface area contributed by atoms with Gasteiger partial charge < -0.3 is 4.74 Å². The van der Waals surface area contributed by atoms with Crippen molar-refractivity contribution in [3.8, 4) is 5.75 Å². The second kappa shape index (κ2) is 6.62. The van der Waals surface area contributed by atoms with Crippen LogP contribution in [0.3, 0.4) is 0 Å². The molecule has 1 saturated carbocycles. The fourth-order valence-electron chi connectivity index (χ4n) is 4.21. The van der Waals surface area contributed by atoms with E-state index >= 15 is 0 Å². The van der Waals surface area contributed by atoms with Gasteiger partial charge in [0.1, 0.15) is 0 Å². The highest BCUT2D eigenvalue weighted by Crippen LogP contribution is 2.52. The molecule has 4 unspecified atom stereocenters. The standard InChI is InChI=1S/C18H14BrN3O6/c1-8(23)28-16-11(5-12(19)6-13(16)22(26)27)7-20-21-17(24)14-9-2-3-10(4-9)15(14)18(21)25/h2-3,5-7,9-10,14-15H,4H2,1H3. The number of nitro benzene ring substituents is 1. The minimum absolute atomic E-state index is 0.0511. The Hall–Kier alpha value is -2.88. The molecular weight excluding hydrogens is 434 g/mol. The number of allylic oxidation sites excluding steroid dienone is 2. The Morgan fingerprint density at radius 1 is 1.29 bits per heavy atom. The van der Waals surface area contributed by atoms with Gasteiger partial charge in [-0.2, -0.15) is 10.1 Å². The van der Waals surface area contributed by atoms with Crippen molar-refractivity contribution in [3.63, 3.8) is 0 Å². The molecule has 1 aromatic carbocycles. The molecule has 144 valence electrons. The maximum Gasteiger partial charge on any atom is 0.313 e. The molecule has 0 N–H and O–H groups in total. The van der Waals surface area contributed by atoms with Crippen molar-refractivity contribution in [2.24, 2.45) is 28.8 Å². The maximum absolute atomic E-state index is 12.7. The third kappa shape index (κ3) is 2.84. The van der Waals surface area contributed by atoms with Crippen LogP contribution in [0.5, 0.6) is 5.75 Å². The van der Waals surface area contributed by atoms with Crippen molar-refractivity contribution in [2.45, 2.75) is 13.3 Å². The molecule has 9 nitrogen and oxygen atoms in total. The molecule has 2 amide bonds. The zero-order valence-corrected chi connectivity index (χ0v) is 16.2. The molecule has 2 aliphatic carbocycles. The van der Waals surface area contributed by atoms with Crippen LogP contribution < -0.4 is 4.74 Å². The fraction of sp³-hybridized carbons (Fsp3) is 0.333. The highest BCUT2D eigenvalue weighted by atomic mass is 79.9. The van der Waals surface area contributed by atoms with E-state index in [1.807, 2.05) is 12.2 Å². The van der Waals surface area contributed by atoms with Crippen LogP contribution in [0.25, 0.3) is 0 Å². The molecular formula is C18H14BrN3O6. The zero-order valence-electron chi connectivity index (χ0n) is 14.6. The Morgan fingerprint density at radius 3 is 2.43 bits per heavy atom. The van der Waals surface area contributed by atoms with Crippen LogP contribution in [0.4, 0.5) is 5.69 Å². The van der Waals surface area contributed by atoms with Gasteiger partial charge in [0.25, 0.3) is 11.8 Å². The Morgan fingerprint density at radius 2 is 1.89 bits per heavy atom. The van der Waals surface area contributed by atoms with Gasteiger partial charge in [0.2, 0.25) is 5.75 Å². The van der Waals surface area contributed by atoms with E-state index in [1.54, 1.807) is 0 Å². The van der Waals surface area contributed by atoms with Gasteiger partial charge in [-0.15, -0.1) is 0 Å². The molecule has 2 bridgehead atoms. The number of halogens is 1. The molecule has 0 radical (unpaired) electrons. The first-order valence-electron chi connectivity index (χ1n) is 8.54. The normalized spacial score (nSPS) is 27.7. The van der Waals surface area contributed by atoms with E-state index in [2.05, 4.69) is 21.0 Å². The molecule has 28 heavy (non-hydrogen) atoms. The molecule has 0 aromatic heterocycles. The number of hydrazone groups is 1. The lowest BCUT2D eigenvalue weighted by Crippen LogP contribution is -2.28. The van der Waals surface area contributed by atoms with E-state index in [0.717, 1.165) is 24.6 Å². The number of carbonyl (C=O) groups is 3. The van der Waals surface area contributed by atoms with E-state index in [9.17, 15) is 24.5 Å². The molecule has 2 fully saturated rings. The molecule has 1 aliphatic heterocycles. The Kier molecular flexibility index (Phi) is 4.37. The molecule has 1 heterocycles. The molecule has 4 rings (SSSR count). The first-order chi connectivity index (χ1) is 13.3. The predicted octanol–water partition coefficient (Wildman–Crippen LogP) is 2.42. The summed E-state index contributed by atoms with van der Waals surface area (Å²) in [5.41, 5.74) is -0.348. The Bertz CT molecular complexity index is 958. The van der Waals surface area contributed by atoms with Crippen molar-refractivity contribution >= 4 is 45.6 Å². The number of benzene rings is 1. The quantitative estimate of drug-likeness (QED) is 0.133. The molecule has 1 aromatic rings. The lowest BCUT2D eigenvalue weighted by atomic mass is 9.85. The van der Waals surface area contributed by atoms with Crippen LogP contribution in [0, 0.1) is 33.8 Å². The van der Waals surface area contributed by atoms with Gasteiger partial charge in [-0.3, -0.25) is 24.5 Å². The van der Waals surface area contributed by atoms with E-state index < -0.39 is 28.4 Å². The van der Waals surface area contributed by atoms with Gasteiger partial charge >= 0.3 is 11.7 Å². The van der Waals surface area contributed by atoms with Gasteiger partial charge in [0.05, 0.1) is 23.0 Å². The number of hydrogen-bond acceptors (Lipinski definition) is 7.